The minimum absolute atomic E-state index is 0.0922. The number of benzene rings is 2. The van der Waals surface area contributed by atoms with E-state index in [9.17, 15) is 0 Å². The average Bonchev–Trinajstić information content (AvgIpc) is 2.56. The lowest BCUT2D eigenvalue weighted by atomic mass is 9.93. The number of rotatable bonds is 7. The van der Waals surface area contributed by atoms with E-state index in [0.717, 1.165) is 10.9 Å². The van der Waals surface area contributed by atoms with Gasteiger partial charge in [0.1, 0.15) is 0 Å². The second-order valence-corrected chi connectivity index (χ2v) is 6.33. The molecule has 2 N–H and O–H groups in total. The highest BCUT2D eigenvalue weighted by Gasteiger charge is 2.22. The maximum Gasteiger partial charge on any atom is 0.0710 e. The van der Waals surface area contributed by atoms with Crippen LogP contribution in [0.5, 0.6) is 0 Å². The van der Waals surface area contributed by atoms with Crippen LogP contribution >= 0.6 is 28.1 Å². The molecule has 0 aliphatic carbocycles. The van der Waals surface area contributed by atoms with Gasteiger partial charge in [0.05, 0.1) is 17.6 Å². The molecule has 0 radical (unpaired) electrons. The fourth-order valence-electron chi connectivity index (χ4n) is 2.61. The van der Waals surface area contributed by atoms with Gasteiger partial charge >= 0.3 is 0 Å². The van der Waals surface area contributed by atoms with Gasteiger partial charge in [0.25, 0.3) is 0 Å². The van der Waals surface area contributed by atoms with Crippen molar-refractivity contribution in [1.29, 1.82) is 0 Å². The molecule has 22 heavy (non-hydrogen) atoms. The van der Waals surface area contributed by atoms with Gasteiger partial charge in [-0.2, -0.15) is 0 Å². The number of hydrogen-bond acceptors (Lipinski definition) is 2. The van der Waals surface area contributed by atoms with Crippen molar-refractivity contribution >= 4 is 33.6 Å². The summed E-state index contributed by atoms with van der Waals surface area (Å²) in [5, 5.41) is 6.72. The Hall–Kier alpha value is -1.23. The normalized spacial score (nSPS) is 13.4. The zero-order valence-electron chi connectivity index (χ0n) is 12.8. The molecule has 0 heterocycles. The standard InChI is InChI=1S/C18H21BrN2S/c1-3-13-4-6-15(7-5-13)18(21-12-22)17(20-2)14-8-10-16(19)11-9-14/h4-12,17-18,20H,3H2,1-2H3,(H,21,22). The van der Waals surface area contributed by atoms with E-state index in [4.69, 9.17) is 12.2 Å². The van der Waals surface area contributed by atoms with Gasteiger partial charge in [0.2, 0.25) is 0 Å². The predicted molar refractivity (Wildman–Crippen MR) is 101 cm³/mol. The first-order valence-corrected chi connectivity index (χ1v) is 8.67. The molecule has 2 unspecified atom stereocenters. The van der Waals surface area contributed by atoms with Gasteiger partial charge < -0.3 is 10.6 Å². The van der Waals surface area contributed by atoms with Crippen LogP contribution in [0.2, 0.25) is 0 Å². The van der Waals surface area contributed by atoms with E-state index in [1.807, 2.05) is 7.05 Å². The Labute approximate surface area is 146 Å². The minimum atomic E-state index is 0.0922. The van der Waals surface area contributed by atoms with Crippen LogP contribution in [-0.4, -0.2) is 12.5 Å². The molecule has 0 aliphatic heterocycles. The Bertz CT molecular complexity index is 595. The van der Waals surface area contributed by atoms with Crippen LogP contribution in [0.25, 0.3) is 0 Å². The monoisotopic (exact) mass is 376 g/mol. The maximum atomic E-state index is 5.04. The van der Waals surface area contributed by atoms with Crippen molar-refractivity contribution in [1.82, 2.24) is 10.6 Å². The molecule has 4 heteroatoms. The number of hydrogen-bond donors (Lipinski definition) is 2. The molecule has 2 atom stereocenters. The third-order valence-electron chi connectivity index (χ3n) is 3.87. The smallest absolute Gasteiger partial charge is 0.0710 e. The quantitative estimate of drug-likeness (QED) is 0.692. The Morgan fingerprint density at radius 1 is 1.00 bits per heavy atom. The van der Waals surface area contributed by atoms with E-state index in [-0.39, 0.29) is 12.1 Å². The molecule has 2 rings (SSSR count). The van der Waals surface area contributed by atoms with Crippen molar-refractivity contribution in [2.24, 2.45) is 0 Å². The summed E-state index contributed by atoms with van der Waals surface area (Å²) in [5.41, 5.74) is 5.39. The Morgan fingerprint density at radius 2 is 1.55 bits per heavy atom. The third-order valence-corrected chi connectivity index (χ3v) is 4.53. The van der Waals surface area contributed by atoms with Gasteiger partial charge in [-0.1, -0.05) is 71.5 Å². The lowest BCUT2D eigenvalue weighted by Gasteiger charge is -2.28. The first kappa shape index (κ1) is 17.1. The average molecular weight is 377 g/mol. The van der Waals surface area contributed by atoms with Gasteiger partial charge in [-0.15, -0.1) is 0 Å². The fourth-order valence-corrected chi connectivity index (χ4v) is 3.03. The van der Waals surface area contributed by atoms with Crippen molar-refractivity contribution in [2.45, 2.75) is 25.4 Å². The highest BCUT2D eigenvalue weighted by atomic mass is 79.9. The molecular weight excluding hydrogens is 356 g/mol. The molecule has 0 amide bonds. The first-order valence-electron chi connectivity index (χ1n) is 7.40. The molecule has 0 spiro atoms. The van der Waals surface area contributed by atoms with Crippen LogP contribution in [0, 0.1) is 0 Å². The number of halogens is 1. The van der Waals surface area contributed by atoms with Crippen LogP contribution in [0.4, 0.5) is 0 Å². The summed E-state index contributed by atoms with van der Waals surface area (Å²) < 4.78 is 1.08. The Balaban J connectivity index is 2.34. The largest absolute Gasteiger partial charge is 0.373 e. The van der Waals surface area contributed by atoms with Gasteiger partial charge in [-0.05, 0) is 42.3 Å². The van der Waals surface area contributed by atoms with Crippen LogP contribution in [0.3, 0.4) is 0 Å². The van der Waals surface area contributed by atoms with Crippen molar-refractivity contribution in [2.75, 3.05) is 7.05 Å². The SMILES string of the molecule is CCc1ccc(C(NC=S)C(NC)c2ccc(Br)cc2)cc1. The molecule has 2 aromatic carbocycles. The molecular formula is C18H21BrN2S. The zero-order chi connectivity index (χ0) is 15.9. The zero-order valence-corrected chi connectivity index (χ0v) is 15.2. The highest BCUT2D eigenvalue weighted by Crippen LogP contribution is 2.29. The summed E-state index contributed by atoms with van der Waals surface area (Å²) in [7, 11) is 1.98. The first-order chi connectivity index (χ1) is 10.7. The van der Waals surface area contributed by atoms with E-state index in [0.29, 0.717) is 0 Å². The number of likely N-dealkylation sites (N-methyl/N-ethyl adjacent to an activating group) is 1. The second kappa shape index (κ2) is 8.42. The van der Waals surface area contributed by atoms with Crippen LogP contribution in [0.15, 0.2) is 53.0 Å². The molecule has 2 nitrogen and oxygen atoms in total. The van der Waals surface area contributed by atoms with E-state index >= 15 is 0 Å². The summed E-state index contributed by atoms with van der Waals surface area (Å²) in [4.78, 5) is 0. The molecule has 0 aromatic heterocycles. The molecule has 0 saturated carbocycles. The topological polar surface area (TPSA) is 24.1 Å². The van der Waals surface area contributed by atoms with E-state index in [1.165, 1.54) is 16.7 Å². The second-order valence-electron chi connectivity index (χ2n) is 5.18. The number of aryl methyl sites for hydroxylation is 1. The van der Waals surface area contributed by atoms with Crippen molar-refractivity contribution in [3.8, 4) is 0 Å². The maximum absolute atomic E-state index is 5.04. The van der Waals surface area contributed by atoms with Gasteiger partial charge in [0.15, 0.2) is 0 Å². The van der Waals surface area contributed by atoms with E-state index in [2.05, 4.69) is 82.0 Å². The van der Waals surface area contributed by atoms with Crippen molar-refractivity contribution < 1.29 is 0 Å². The van der Waals surface area contributed by atoms with Crippen LogP contribution in [-0.2, 0) is 6.42 Å². The Kier molecular flexibility index (Phi) is 6.55. The predicted octanol–water partition coefficient (Wildman–Crippen LogP) is 4.56. The minimum Gasteiger partial charge on any atom is -0.373 e. The third kappa shape index (κ3) is 4.15. The highest BCUT2D eigenvalue weighted by molar-refractivity contribution is 9.10. The summed E-state index contributed by atoms with van der Waals surface area (Å²) >= 11 is 8.53. The molecule has 0 saturated heterocycles. The molecule has 0 aliphatic rings. The summed E-state index contributed by atoms with van der Waals surface area (Å²) in [6.07, 6.45) is 1.05. The summed E-state index contributed by atoms with van der Waals surface area (Å²) in [6, 6.07) is 17.3. The lowest BCUT2D eigenvalue weighted by molar-refractivity contribution is 0.461. The number of nitrogens with one attached hydrogen (secondary N) is 2. The van der Waals surface area contributed by atoms with E-state index < -0.39 is 0 Å². The molecule has 2 aromatic rings. The van der Waals surface area contributed by atoms with Crippen molar-refractivity contribution in [3.05, 3.63) is 69.7 Å². The van der Waals surface area contributed by atoms with Crippen molar-refractivity contribution in [3.63, 3.8) is 0 Å². The molecule has 116 valence electrons. The Morgan fingerprint density at radius 3 is 2.05 bits per heavy atom. The van der Waals surface area contributed by atoms with Gasteiger partial charge in [-0.25, -0.2) is 0 Å². The number of thiocarbonyl (C=S) groups is 1. The van der Waals surface area contributed by atoms with Crippen LogP contribution in [0.1, 0.15) is 35.7 Å². The fraction of sp³-hybridized carbons (Fsp3) is 0.278. The molecule has 0 fully saturated rings. The van der Waals surface area contributed by atoms with Gasteiger partial charge in [0, 0.05) is 4.47 Å². The lowest BCUT2D eigenvalue weighted by Crippen LogP contribution is -2.32. The summed E-state index contributed by atoms with van der Waals surface area (Å²) in [5.74, 6) is 0. The van der Waals surface area contributed by atoms with E-state index in [1.54, 1.807) is 5.49 Å². The van der Waals surface area contributed by atoms with Gasteiger partial charge in [-0.3, -0.25) is 0 Å². The van der Waals surface area contributed by atoms with Crippen LogP contribution < -0.4 is 10.6 Å². The summed E-state index contributed by atoms with van der Waals surface area (Å²) in [6.45, 7) is 2.17. The molecule has 0 bridgehead atoms.